The molecule has 0 saturated carbocycles. The van der Waals surface area contributed by atoms with Gasteiger partial charge < -0.3 is 20.2 Å². The average Bonchev–Trinajstić information content (AvgIpc) is 3.34. The summed E-state index contributed by atoms with van der Waals surface area (Å²) in [4.78, 5) is 31.4. The van der Waals surface area contributed by atoms with E-state index in [0.29, 0.717) is 17.2 Å². The number of hydrazone groups is 1. The lowest BCUT2D eigenvalue weighted by Crippen LogP contribution is -2.47. The summed E-state index contributed by atoms with van der Waals surface area (Å²) in [5.41, 5.74) is 6.32. The van der Waals surface area contributed by atoms with Gasteiger partial charge in [-0.2, -0.15) is 5.10 Å². The van der Waals surface area contributed by atoms with Crippen LogP contribution >= 0.6 is 0 Å². The van der Waals surface area contributed by atoms with E-state index in [0.717, 1.165) is 66.1 Å². The Balaban J connectivity index is 2.05. The van der Waals surface area contributed by atoms with E-state index in [1.165, 1.54) is 0 Å². The number of hydrogen-bond donors (Lipinski definition) is 2. The maximum Gasteiger partial charge on any atom is 0.253 e. The molecule has 2 aromatic rings. The molecule has 3 rings (SSSR count). The summed E-state index contributed by atoms with van der Waals surface area (Å²) in [6.07, 6.45) is 11.1. The Bertz CT molecular complexity index is 1390. The number of aromatic amines is 1. The number of pyridine rings is 1. The second kappa shape index (κ2) is 14.2. The van der Waals surface area contributed by atoms with Crippen molar-refractivity contribution >= 4 is 24.4 Å². The summed E-state index contributed by atoms with van der Waals surface area (Å²) in [5, 5.41) is 11.2. The molecule has 0 bridgehead atoms. The zero-order valence-electron chi connectivity index (χ0n) is 26.0. The molecule has 9 heteroatoms. The molecule has 1 aliphatic heterocycles. The Labute approximate surface area is 244 Å². The molecule has 0 unspecified atom stereocenters. The lowest BCUT2D eigenvalue weighted by molar-refractivity contribution is -0.117. The molecule has 2 aromatic heterocycles. The maximum absolute atomic E-state index is 13.7. The van der Waals surface area contributed by atoms with Crippen LogP contribution < -0.4 is 15.9 Å². The summed E-state index contributed by atoms with van der Waals surface area (Å²) < 4.78 is 2.17. The van der Waals surface area contributed by atoms with Gasteiger partial charge in [0.05, 0.1) is 11.4 Å². The van der Waals surface area contributed by atoms with Crippen molar-refractivity contribution in [3.63, 3.8) is 0 Å². The summed E-state index contributed by atoms with van der Waals surface area (Å²) >= 11 is 0. The van der Waals surface area contributed by atoms with Gasteiger partial charge in [0, 0.05) is 68.0 Å². The van der Waals surface area contributed by atoms with Crippen LogP contribution in [0.25, 0.3) is 11.8 Å². The first-order chi connectivity index (χ1) is 19.5. The van der Waals surface area contributed by atoms with Crippen molar-refractivity contribution in [3.05, 3.63) is 80.1 Å². The second-order valence-corrected chi connectivity index (χ2v) is 11.0. The molecule has 2 N–H and O–H groups in total. The Morgan fingerprint density at radius 1 is 1.22 bits per heavy atom. The monoisotopic (exact) mass is 561 g/mol. The van der Waals surface area contributed by atoms with Gasteiger partial charge in [-0.15, -0.1) is 0 Å². The van der Waals surface area contributed by atoms with Crippen molar-refractivity contribution in [2.75, 3.05) is 39.2 Å². The van der Waals surface area contributed by atoms with Gasteiger partial charge in [-0.3, -0.25) is 19.3 Å². The fraction of sp³-hybridized carbons (Fsp3) is 0.469. The van der Waals surface area contributed by atoms with E-state index in [4.69, 9.17) is 0 Å². The number of H-pyrrole nitrogens is 1. The molecule has 0 radical (unpaired) electrons. The Morgan fingerprint density at radius 2 is 1.90 bits per heavy atom. The van der Waals surface area contributed by atoms with Gasteiger partial charge in [0.25, 0.3) is 11.5 Å². The highest BCUT2D eigenvalue weighted by atomic mass is 16.2. The standard InChI is InChI=1S/C32H47N7O2/c1-10-12-22(3)28(31(40)34-20-29-23(4)17-24(5)35-32(29)41)19-27-18-25(30(11-2)37(9)33-6)21-39(27)38-15-13-26(14-16-38)36(7)8/h11-12,17-19,21,26H,6,10,13-16,20H2,1-5,7-9H3,(H,34,40)(H,35,41)/b22-12+,28-19+,30-11-. The Kier molecular flexibility index (Phi) is 10.9. The van der Waals surface area contributed by atoms with E-state index < -0.39 is 0 Å². The molecular weight excluding hydrogens is 514 g/mol. The Morgan fingerprint density at radius 3 is 2.46 bits per heavy atom. The summed E-state index contributed by atoms with van der Waals surface area (Å²) in [7, 11) is 6.15. The van der Waals surface area contributed by atoms with Crippen LogP contribution in [0.5, 0.6) is 0 Å². The SMILES string of the molecule is C=NN(C)/C(=C\C)c1cc(/C=C(C(=O)NCc2c(C)cc(C)[nH]c2=O)\C(C)=C\CC)n(N2CCC(N(C)C)CC2)c1. The predicted octanol–water partition coefficient (Wildman–Crippen LogP) is 4.42. The van der Waals surface area contributed by atoms with Crippen LogP contribution in [-0.2, 0) is 11.3 Å². The number of aromatic nitrogens is 2. The molecule has 3 heterocycles. The van der Waals surface area contributed by atoms with Crippen molar-refractivity contribution in [2.45, 2.75) is 66.5 Å². The molecule has 41 heavy (non-hydrogen) atoms. The molecule has 1 amide bonds. The molecule has 1 aliphatic rings. The number of carbonyl (C=O) groups is 1. The van der Waals surface area contributed by atoms with E-state index in [2.05, 4.69) is 76.1 Å². The second-order valence-electron chi connectivity index (χ2n) is 11.0. The molecule has 0 atom stereocenters. The first kappa shape index (κ1) is 31.7. The maximum atomic E-state index is 13.7. The van der Waals surface area contributed by atoms with Crippen LogP contribution in [0.1, 0.15) is 68.1 Å². The van der Waals surface area contributed by atoms with Crippen molar-refractivity contribution in [2.24, 2.45) is 5.10 Å². The zero-order chi connectivity index (χ0) is 30.3. The third kappa shape index (κ3) is 7.67. The number of amides is 1. The zero-order valence-corrected chi connectivity index (χ0v) is 26.0. The fourth-order valence-corrected chi connectivity index (χ4v) is 5.45. The van der Waals surface area contributed by atoms with Crippen LogP contribution in [0.4, 0.5) is 0 Å². The predicted molar refractivity (Wildman–Crippen MR) is 170 cm³/mol. The number of allylic oxidation sites excluding steroid dienone is 2. The minimum atomic E-state index is -0.219. The minimum Gasteiger partial charge on any atom is -0.348 e. The van der Waals surface area contributed by atoms with Gasteiger partial charge in [0.1, 0.15) is 0 Å². The van der Waals surface area contributed by atoms with Gasteiger partial charge in [-0.25, -0.2) is 0 Å². The molecule has 0 aromatic carbocycles. The van der Waals surface area contributed by atoms with Gasteiger partial charge in [0.2, 0.25) is 0 Å². The van der Waals surface area contributed by atoms with E-state index in [1.807, 2.05) is 53.0 Å². The Hall–Kier alpha value is -3.85. The van der Waals surface area contributed by atoms with Crippen LogP contribution in [-0.4, -0.2) is 72.5 Å². The molecule has 9 nitrogen and oxygen atoms in total. The smallest absolute Gasteiger partial charge is 0.253 e. The van der Waals surface area contributed by atoms with E-state index >= 15 is 0 Å². The van der Waals surface area contributed by atoms with Crippen LogP contribution in [0.2, 0.25) is 0 Å². The fourth-order valence-electron chi connectivity index (χ4n) is 5.45. The van der Waals surface area contributed by atoms with Gasteiger partial charge in [0.15, 0.2) is 0 Å². The number of rotatable bonds is 11. The molecule has 0 spiro atoms. The number of piperidine rings is 1. The van der Waals surface area contributed by atoms with E-state index in [9.17, 15) is 9.59 Å². The van der Waals surface area contributed by atoms with Crippen molar-refractivity contribution < 1.29 is 4.79 Å². The van der Waals surface area contributed by atoms with E-state index in [-0.39, 0.29) is 18.0 Å². The van der Waals surface area contributed by atoms with Crippen LogP contribution in [0.3, 0.4) is 0 Å². The number of nitrogens with zero attached hydrogens (tertiary/aromatic N) is 5. The molecule has 0 aliphatic carbocycles. The molecular formula is C32H47N7O2. The van der Waals surface area contributed by atoms with Crippen molar-refractivity contribution in [3.8, 4) is 0 Å². The van der Waals surface area contributed by atoms with Crippen LogP contribution in [0.15, 0.2) is 51.5 Å². The third-order valence-corrected chi connectivity index (χ3v) is 7.83. The lowest BCUT2D eigenvalue weighted by atomic mass is 10.0. The third-order valence-electron chi connectivity index (χ3n) is 7.83. The number of carbonyl (C=O) groups excluding carboxylic acids is 1. The summed E-state index contributed by atoms with van der Waals surface area (Å²) in [5.74, 6) is -0.219. The van der Waals surface area contributed by atoms with Gasteiger partial charge >= 0.3 is 0 Å². The highest BCUT2D eigenvalue weighted by Crippen LogP contribution is 2.26. The van der Waals surface area contributed by atoms with Crippen molar-refractivity contribution in [1.82, 2.24) is 24.9 Å². The molecule has 222 valence electrons. The topological polar surface area (TPSA) is 89.0 Å². The number of hydrogen-bond acceptors (Lipinski definition) is 6. The summed E-state index contributed by atoms with van der Waals surface area (Å²) in [6, 6.07) is 4.56. The van der Waals surface area contributed by atoms with Crippen LogP contribution in [0, 0.1) is 13.8 Å². The quantitative estimate of drug-likeness (QED) is 0.184. The summed E-state index contributed by atoms with van der Waals surface area (Å²) in [6.45, 7) is 15.4. The normalized spacial score (nSPS) is 15.4. The molecule has 1 fully saturated rings. The minimum absolute atomic E-state index is 0.153. The number of aryl methyl sites for hydroxylation is 2. The highest BCUT2D eigenvalue weighted by molar-refractivity contribution is 6.02. The van der Waals surface area contributed by atoms with Crippen molar-refractivity contribution in [1.29, 1.82) is 0 Å². The average molecular weight is 562 g/mol. The first-order valence-electron chi connectivity index (χ1n) is 14.4. The number of nitrogens with one attached hydrogen (secondary N) is 2. The first-order valence-corrected chi connectivity index (χ1v) is 14.4. The largest absolute Gasteiger partial charge is 0.348 e. The van der Waals surface area contributed by atoms with Gasteiger partial charge in [-0.05, 0) is 90.4 Å². The molecule has 1 saturated heterocycles. The van der Waals surface area contributed by atoms with E-state index in [1.54, 1.807) is 5.01 Å². The highest BCUT2D eigenvalue weighted by Gasteiger charge is 2.24. The van der Waals surface area contributed by atoms with Gasteiger partial charge in [-0.1, -0.05) is 19.1 Å². The lowest BCUT2D eigenvalue weighted by Gasteiger charge is -2.37.